The van der Waals surface area contributed by atoms with E-state index in [0.29, 0.717) is 12.0 Å². The summed E-state index contributed by atoms with van der Waals surface area (Å²) < 4.78 is 5.66. The number of carbonyl (C=O) groups is 2. The van der Waals surface area contributed by atoms with Crippen LogP contribution in [0.4, 0.5) is 0 Å². The van der Waals surface area contributed by atoms with E-state index in [4.69, 9.17) is 4.74 Å². The van der Waals surface area contributed by atoms with E-state index in [1.807, 2.05) is 19.2 Å². The van der Waals surface area contributed by atoms with Crippen LogP contribution < -0.4 is 5.32 Å². The van der Waals surface area contributed by atoms with Gasteiger partial charge in [-0.25, -0.2) is 4.79 Å². The Morgan fingerprint density at radius 2 is 2.15 bits per heavy atom. The molecular formula is C14H18BrNO3S. The minimum Gasteiger partial charge on any atom is -0.467 e. The van der Waals surface area contributed by atoms with Crippen LogP contribution >= 0.6 is 27.7 Å². The lowest BCUT2D eigenvalue weighted by atomic mass is 10.1. The fourth-order valence-electron chi connectivity index (χ4n) is 1.65. The van der Waals surface area contributed by atoms with E-state index < -0.39 is 12.0 Å². The summed E-state index contributed by atoms with van der Waals surface area (Å²) in [5.74, 6) is 0.0951. The Morgan fingerprint density at radius 3 is 2.70 bits per heavy atom. The van der Waals surface area contributed by atoms with Crippen LogP contribution in [0.2, 0.25) is 0 Å². The number of methoxy groups -OCH3 is 1. The van der Waals surface area contributed by atoms with Crippen molar-refractivity contribution >= 4 is 39.6 Å². The van der Waals surface area contributed by atoms with E-state index in [1.54, 1.807) is 23.9 Å². The van der Waals surface area contributed by atoms with Crippen molar-refractivity contribution in [3.63, 3.8) is 0 Å². The number of hydrogen-bond donors (Lipinski definition) is 1. The molecule has 0 saturated heterocycles. The summed E-state index contributed by atoms with van der Waals surface area (Å²) in [6.45, 7) is 1.91. The lowest BCUT2D eigenvalue weighted by molar-refractivity contribution is -0.142. The Kier molecular flexibility index (Phi) is 7.09. The average Bonchev–Trinajstić information content (AvgIpc) is 2.45. The number of rotatable bonds is 6. The van der Waals surface area contributed by atoms with Crippen LogP contribution in [0.3, 0.4) is 0 Å². The van der Waals surface area contributed by atoms with Crippen molar-refractivity contribution in [2.24, 2.45) is 0 Å². The van der Waals surface area contributed by atoms with E-state index in [0.717, 1.165) is 15.8 Å². The molecule has 20 heavy (non-hydrogen) atoms. The first-order valence-electron chi connectivity index (χ1n) is 6.13. The van der Waals surface area contributed by atoms with Crippen molar-refractivity contribution in [3.8, 4) is 0 Å². The molecule has 0 saturated carbocycles. The second-order valence-electron chi connectivity index (χ2n) is 4.29. The molecule has 0 aromatic heterocycles. The number of ether oxygens (including phenoxy) is 1. The van der Waals surface area contributed by atoms with Gasteiger partial charge in [-0.3, -0.25) is 4.79 Å². The molecule has 1 amide bonds. The zero-order valence-corrected chi connectivity index (χ0v) is 14.1. The first kappa shape index (κ1) is 17.0. The van der Waals surface area contributed by atoms with Crippen molar-refractivity contribution in [1.29, 1.82) is 0 Å². The van der Waals surface area contributed by atoms with Crippen LogP contribution in [0.15, 0.2) is 22.7 Å². The van der Waals surface area contributed by atoms with Crippen LogP contribution in [0.1, 0.15) is 22.3 Å². The maximum absolute atomic E-state index is 12.2. The highest BCUT2D eigenvalue weighted by molar-refractivity contribution is 9.10. The number of esters is 1. The zero-order chi connectivity index (χ0) is 15.1. The standard InChI is InChI=1S/C14H18BrNO3S/c1-9-8-10(4-5-11(9)15)13(17)16-12(6-7-20-3)14(18)19-2/h4-5,8,12H,6-7H2,1-3H3,(H,16,17)/t12-/m0/s1. The number of hydrogen-bond acceptors (Lipinski definition) is 4. The highest BCUT2D eigenvalue weighted by Gasteiger charge is 2.21. The van der Waals surface area contributed by atoms with Crippen LogP contribution in [-0.2, 0) is 9.53 Å². The summed E-state index contributed by atoms with van der Waals surface area (Å²) in [6, 6.07) is 4.71. The van der Waals surface area contributed by atoms with Gasteiger partial charge in [-0.15, -0.1) is 0 Å². The number of thioether (sulfide) groups is 1. The van der Waals surface area contributed by atoms with Gasteiger partial charge in [0.2, 0.25) is 0 Å². The van der Waals surface area contributed by atoms with E-state index in [1.165, 1.54) is 7.11 Å². The molecule has 0 spiro atoms. The van der Waals surface area contributed by atoms with E-state index in [9.17, 15) is 9.59 Å². The third-order valence-electron chi connectivity index (χ3n) is 2.82. The zero-order valence-electron chi connectivity index (χ0n) is 11.7. The van der Waals surface area contributed by atoms with Crippen LogP contribution in [0.5, 0.6) is 0 Å². The third kappa shape index (κ3) is 4.83. The first-order chi connectivity index (χ1) is 9.49. The average molecular weight is 360 g/mol. The molecule has 0 heterocycles. The molecular weight excluding hydrogens is 342 g/mol. The summed E-state index contributed by atoms with van der Waals surface area (Å²) in [4.78, 5) is 23.8. The summed E-state index contributed by atoms with van der Waals surface area (Å²) in [6.07, 6.45) is 2.50. The number of aryl methyl sites for hydroxylation is 1. The van der Waals surface area contributed by atoms with Gasteiger partial charge < -0.3 is 10.1 Å². The molecule has 1 atom stereocenters. The molecule has 1 N–H and O–H groups in total. The van der Waals surface area contributed by atoms with Gasteiger partial charge in [-0.2, -0.15) is 11.8 Å². The fraction of sp³-hybridized carbons (Fsp3) is 0.429. The summed E-state index contributed by atoms with van der Waals surface area (Å²) in [5.41, 5.74) is 1.50. The largest absolute Gasteiger partial charge is 0.467 e. The smallest absolute Gasteiger partial charge is 0.328 e. The van der Waals surface area contributed by atoms with E-state index in [2.05, 4.69) is 21.2 Å². The molecule has 1 aromatic rings. The minimum atomic E-state index is -0.607. The molecule has 0 aliphatic heterocycles. The molecule has 0 bridgehead atoms. The SMILES string of the molecule is COC(=O)[C@H](CCSC)NC(=O)c1ccc(Br)c(C)c1. The van der Waals surface area contributed by atoms with Crippen LogP contribution in [0.25, 0.3) is 0 Å². The third-order valence-corrected chi connectivity index (χ3v) is 4.36. The molecule has 0 fully saturated rings. The molecule has 0 unspecified atom stereocenters. The van der Waals surface area contributed by atoms with E-state index >= 15 is 0 Å². The Bertz CT molecular complexity index is 493. The van der Waals surface area contributed by atoms with Gasteiger partial charge in [-0.1, -0.05) is 15.9 Å². The quantitative estimate of drug-likeness (QED) is 0.793. The molecule has 1 rings (SSSR count). The summed E-state index contributed by atoms with van der Waals surface area (Å²) in [5, 5.41) is 2.72. The molecule has 6 heteroatoms. The van der Waals surface area contributed by atoms with Gasteiger partial charge >= 0.3 is 5.97 Å². The lowest BCUT2D eigenvalue weighted by Crippen LogP contribution is -2.41. The van der Waals surface area contributed by atoms with Gasteiger partial charge in [0.05, 0.1) is 7.11 Å². The first-order valence-corrected chi connectivity index (χ1v) is 8.32. The van der Waals surface area contributed by atoms with Gasteiger partial charge in [0.25, 0.3) is 5.91 Å². The predicted octanol–water partition coefficient (Wildman–Crippen LogP) is 2.78. The van der Waals surface area contributed by atoms with Crippen molar-refractivity contribution in [1.82, 2.24) is 5.32 Å². The molecule has 0 radical (unpaired) electrons. The van der Waals surface area contributed by atoms with Crippen molar-refractivity contribution in [2.45, 2.75) is 19.4 Å². The number of benzene rings is 1. The molecule has 4 nitrogen and oxygen atoms in total. The van der Waals surface area contributed by atoms with Gasteiger partial charge in [0.1, 0.15) is 6.04 Å². The fourth-order valence-corrected chi connectivity index (χ4v) is 2.37. The molecule has 110 valence electrons. The summed E-state index contributed by atoms with van der Waals surface area (Å²) >= 11 is 5.01. The molecule has 0 aliphatic carbocycles. The molecule has 0 aliphatic rings. The lowest BCUT2D eigenvalue weighted by Gasteiger charge is -2.16. The molecule has 1 aromatic carbocycles. The van der Waals surface area contributed by atoms with Crippen molar-refractivity contribution in [2.75, 3.05) is 19.1 Å². The van der Waals surface area contributed by atoms with Gasteiger partial charge in [0.15, 0.2) is 0 Å². The maximum Gasteiger partial charge on any atom is 0.328 e. The number of nitrogens with one attached hydrogen (secondary N) is 1. The highest BCUT2D eigenvalue weighted by Crippen LogP contribution is 2.17. The van der Waals surface area contributed by atoms with Crippen LogP contribution in [0, 0.1) is 6.92 Å². The Balaban J connectivity index is 2.78. The summed E-state index contributed by atoms with van der Waals surface area (Å²) in [7, 11) is 1.32. The van der Waals surface area contributed by atoms with E-state index in [-0.39, 0.29) is 5.91 Å². The number of amides is 1. The van der Waals surface area contributed by atoms with Gasteiger partial charge in [-0.05, 0) is 49.1 Å². The highest BCUT2D eigenvalue weighted by atomic mass is 79.9. The Morgan fingerprint density at radius 1 is 1.45 bits per heavy atom. The predicted molar refractivity (Wildman–Crippen MR) is 85.1 cm³/mol. The number of halogens is 1. The second kappa shape index (κ2) is 8.32. The second-order valence-corrected chi connectivity index (χ2v) is 6.13. The van der Waals surface area contributed by atoms with Crippen molar-refractivity contribution < 1.29 is 14.3 Å². The monoisotopic (exact) mass is 359 g/mol. The number of carbonyl (C=O) groups excluding carboxylic acids is 2. The topological polar surface area (TPSA) is 55.4 Å². The minimum absolute atomic E-state index is 0.267. The maximum atomic E-state index is 12.2. The normalized spacial score (nSPS) is 11.8. The Labute approximate surface area is 131 Å². The Hall–Kier alpha value is -1.01. The van der Waals surface area contributed by atoms with Gasteiger partial charge in [0, 0.05) is 10.0 Å². The van der Waals surface area contributed by atoms with Crippen LogP contribution in [-0.4, -0.2) is 37.0 Å². The van der Waals surface area contributed by atoms with Crippen molar-refractivity contribution in [3.05, 3.63) is 33.8 Å².